The molecule has 3 rings (SSSR count). The second-order valence-corrected chi connectivity index (χ2v) is 15.8. The summed E-state index contributed by atoms with van der Waals surface area (Å²) in [5.74, 6) is -9.83. The average Bonchev–Trinajstić information content (AvgIpc) is 3.57. The summed E-state index contributed by atoms with van der Waals surface area (Å²) in [5.41, 5.74) is 6.97. The first-order valence-electron chi connectivity index (χ1n) is 18.3. The highest BCUT2D eigenvalue weighted by atomic mass is 79.9. The lowest BCUT2D eigenvalue weighted by Gasteiger charge is -2.35. The third-order valence-corrected chi connectivity index (χ3v) is 9.62. The van der Waals surface area contributed by atoms with Crippen LogP contribution in [0.1, 0.15) is 50.8 Å². The Hall–Kier alpha value is -5.41. The zero-order valence-corrected chi connectivity index (χ0v) is 34.5. The van der Waals surface area contributed by atoms with Gasteiger partial charge in [-0.1, -0.05) is 51.1 Å². The van der Waals surface area contributed by atoms with E-state index in [1.165, 1.54) is 0 Å². The second kappa shape index (κ2) is 21.2. The zero-order valence-electron chi connectivity index (χ0n) is 33.0. The normalized spacial score (nSPS) is 14.1. The number of aromatic nitrogens is 1. The van der Waals surface area contributed by atoms with Crippen molar-refractivity contribution in [1.82, 2.24) is 25.8 Å². The van der Waals surface area contributed by atoms with Crippen LogP contribution in [0.3, 0.4) is 0 Å². The molecule has 0 aliphatic rings. The monoisotopic (exact) mass is 916 g/mol. The van der Waals surface area contributed by atoms with Crippen LogP contribution < -0.4 is 27.0 Å². The molecule has 1 heterocycles. The number of benzene rings is 2. The molecule has 4 amide bonds. The fourth-order valence-corrected chi connectivity index (χ4v) is 6.49. The maximum Gasteiger partial charge on any atom is 0.490 e. The predicted octanol–water partition coefficient (Wildman–Crippen LogP) is 2.91. The number of rotatable bonds is 19. The summed E-state index contributed by atoms with van der Waals surface area (Å²) in [7, 11) is 0.775. The van der Waals surface area contributed by atoms with E-state index in [0.717, 1.165) is 30.9 Å². The number of ether oxygens (including phenoxy) is 2. The van der Waals surface area contributed by atoms with Crippen molar-refractivity contribution in [3.05, 3.63) is 83.7 Å². The molecule has 21 heteroatoms. The van der Waals surface area contributed by atoms with Crippen LogP contribution in [0, 0.1) is 17.0 Å². The predicted molar refractivity (Wildman–Crippen MR) is 209 cm³/mol. The number of aliphatic hydroxyl groups excluding tert-OH is 1. The summed E-state index contributed by atoms with van der Waals surface area (Å²) in [4.78, 5) is 73.5. The van der Waals surface area contributed by atoms with Gasteiger partial charge in [-0.25, -0.2) is 18.4 Å². The van der Waals surface area contributed by atoms with Crippen molar-refractivity contribution in [3.8, 4) is 11.1 Å². The highest BCUT2D eigenvalue weighted by molar-refractivity contribution is 9.10. The van der Waals surface area contributed by atoms with Crippen LogP contribution in [0.25, 0.3) is 11.1 Å². The van der Waals surface area contributed by atoms with Gasteiger partial charge in [0, 0.05) is 55.1 Å². The third kappa shape index (κ3) is 14.1. The Morgan fingerprint density at radius 3 is 2.10 bits per heavy atom. The molecule has 7 N–H and O–H groups in total. The molecule has 0 aliphatic heterocycles. The van der Waals surface area contributed by atoms with Gasteiger partial charge in [0.25, 0.3) is 4.51 Å². The lowest BCUT2D eigenvalue weighted by Crippen LogP contribution is -2.48. The van der Waals surface area contributed by atoms with Crippen LogP contribution in [0.15, 0.2) is 60.8 Å². The fourth-order valence-electron chi connectivity index (χ4n) is 5.93. The van der Waals surface area contributed by atoms with Gasteiger partial charge < -0.3 is 46.1 Å². The minimum absolute atomic E-state index is 0.00707. The highest BCUT2D eigenvalue weighted by Gasteiger charge is 2.51. The van der Waals surface area contributed by atoms with Gasteiger partial charge in [0.05, 0.1) is 26.1 Å². The number of esters is 2. The summed E-state index contributed by atoms with van der Waals surface area (Å²) < 4.78 is 74.3. The van der Waals surface area contributed by atoms with Crippen LogP contribution in [-0.2, 0) is 44.8 Å². The van der Waals surface area contributed by atoms with E-state index in [0.29, 0.717) is 17.8 Å². The van der Waals surface area contributed by atoms with Crippen molar-refractivity contribution in [2.75, 3.05) is 33.3 Å². The van der Waals surface area contributed by atoms with Gasteiger partial charge in [0.1, 0.15) is 17.7 Å². The molecule has 0 spiro atoms. The number of methoxy groups -OCH3 is 1. The molecular formula is C39H46BrF5N6O9. The first-order valence-corrected chi connectivity index (χ1v) is 19.1. The summed E-state index contributed by atoms with van der Waals surface area (Å²) >= 11 is 2.48. The van der Waals surface area contributed by atoms with E-state index in [-0.39, 0.29) is 31.6 Å². The Bertz CT molecular complexity index is 2010. The number of hydrogen-bond acceptors (Lipinski definition) is 10. The van der Waals surface area contributed by atoms with Gasteiger partial charge >= 0.3 is 18.1 Å². The van der Waals surface area contributed by atoms with Crippen LogP contribution in [0.5, 0.6) is 0 Å². The van der Waals surface area contributed by atoms with Gasteiger partial charge in [0.15, 0.2) is 0 Å². The molecule has 1 aromatic heterocycles. The summed E-state index contributed by atoms with van der Waals surface area (Å²) in [6.45, 7) is 4.64. The SMILES string of the molecule is COC(=O)C(Br)(CC(=O)NCC(=O)NCCNC(=O)[C@@H](N)CCNC(=O)[C@@H](O)[C@@H](c1cc(-c2cc(F)ccc2F)cn1Cc1ccccc1)C(C)(C)C)OC(=O)C(F)(F)F. The van der Waals surface area contributed by atoms with Crippen molar-refractivity contribution in [3.63, 3.8) is 0 Å². The van der Waals surface area contributed by atoms with Gasteiger partial charge in [-0.05, 0) is 57.6 Å². The van der Waals surface area contributed by atoms with Gasteiger partial charge in [-0.2, -0.15) is 13.2 Å². The molecule has 328 valence electrons. The van der Waals surface area contributed by atoms with Crippen molar-refractivity contribution in [2.45, 2.75) is 68.9 Å². The molecular weight excluding hydrogens is 871 g/mol. The minimum atomic E-state index is -5.48. The second-order valence-electron chi connectivity index (χ2n) is 14.6. The number of nitrogens with zero attached hydrogens (tertiary/aromatic N) is 1. The molecule has 0 saturated carbocycles. The van der Waals surface area contributed by atoms with E-state index < -0.39 is 94.3 Å². The number of nitrogens with one attached hydrogen (secondary N) is 4. The number of aliphatic hydroxyl groups is 1. The van der Waals surface area contributed by atoms with E-state index >= 15 is 0 Å². The third-order valence-electron chi connectivity index (χ3n) is 8.85. The molecule has 15 nitrogen and oxygen atoms in total. The van der Waals surface area contributed by atoms with Crippen LogP contribution >= 0.6 is 15.9 Å². The fraction of sp³-hybridized carbons (Fsp3) is 0.436. The topological polar surface area (TPSA) is 220 Å². The maximum atomic E-state index is 14.9. The number of amides is 4. The number of hydrogen-bond donors (Lipinski definition) is 6. The molecule has 2 aromatic carbocycles. The van der Waals surface area contributed by atoms with Crippen molar-refractivity contribution >= 4 is 51.5 Å². The average molecular weight is 918 g/mol. The summed E-state index contributed by atoms with van der Waals surface area (Å²) in [6, 6.07) is 12.9. The Morgan fingerprint density at radius 1 is 0.850 bits per heavy atom. The molecule has 60 heavy (non-hydrogen) atoms. The smallest absolute Gasteiger partial charge is 0.465 e. The van der Waals surface area contributed by atoms with Crippen LogP contribution in [0.4, 0.5) is 22.0 Å². The lowest BCUT2D eigenvalue weighted by molar-refractivity contribution is -0.210. The number of carbonyl (C=O) groups excluding carboxylic acids is 6. The van der Waals surface area contributed by atoms with E-state index in [9.17, 15) is 55.8 Å². The number of alkyl halides is 4. The molecule has 3 aromatic rings. The first-order chi connectivity index (χ1) is 28.0. The van der Waals surface area contributed by atoms with Gasteiger partial charge in [-0.3, -0.25) is 19.2 Å². The molecule has 0 fully saturated rings. The van der Waals surface area contributed by atoms with Crippen LogP contribution in [-0.4, -0.2) is 101 Å². The standard InChI is InChI=1S/C39H46BrF5N6O9/c1-37(2,3)31(28-16-23(25-17-24(41)10-11-26(25)42)21-51(28)20-22-8-6-5-7-9-22)32(54)34(56)48-13-12-27(46)33(55)49-15-14-47-30(53)19-50-29(52)18-38(40,35(57)59-4)60-36(58)39(43,44)45/h5-11,16-17,21,27,31-32,54H,12-15,18-20,46H2,1-4H3,(H,47,53)(H,48,56)(H,49,55)(H,50,52)/t27-,31+,32-,38?/m0/s1. The van der Waals surface area contributed by atoms with Crippen LogP contribution in [0.2, 0.25) is 0 Å². The Balaban J connectivity index is 1.53. The largest absolute Gasteiger partial charge is 0.490 e. The molecule has 0 aliphatic carbocycles. The van der Waals surface area contributed by atoms with Crippen molar-refractivity contribution < 1.29 is 65.3 Å². The minimum Gasteiger partial charge on any atom is -0.465 e. The van der Waals surface area contributed by atoms with Crippen molar-refractivity contribution in [2.24, 2.45) is 11.1 Å². The number of halogens is 6. The Morgan fingerprint density at radius 2 is 1.48 bits per heavy atom. The molecule has 1 unspecified atom stereocenters. The summed E-state index contributed by atoms with van der Waals surface area (Å²) in [5, 5.41) is 21.0. The Kier molecular flexibility index (Phi) is 17.3. The van der Waals surface area contributed by atoms with Gasteiger partial charge in [0.2, 0.25) is 23.6 Å². The lowest BCUT2D eigenvalue weighted by atomic mass is 9.74. The molecule has 0 radical (unpaired) electrons. The Labute approximate surface area is 350 Å². The van der Waals surface area contributed by atoms with Gasteiger partial charge in [-0.15, -0.1) is 0 Å². The molecule has 4 atom stereocenters. The number of carbonyl (C=O) groups is 6. The quantitative estimate of drug-likeness (QED) is 0.0447. The zero-order chi connectivity index (χ0) is 45.0. The molecule has 0 bridgehead atoms. The number of nitrogens with two attached hydrogens (primary N) is 1. The van der Waals surface area contributed by atoms with E-state index in [1.54, 1.807) is 16.8 Å². The first kappa shape index (κ1) is 49.0. The summed E-state index contributed by atoms with van der Waals surface area (Å²) in [6.07, 6.45) is -6.71. The van der Waals surface area contributed by atoms with Crippen molar-refractivity contribution in [1.29, 1.82) is 0 Å². The maximum absolute atomic E-state index is 14.9. The molecule has 0 saturated heterocycles. The van der Waals surface area contributed by atoms with E-state index in [1.807, 2.05) is 56.4 Å². The van der Waals surface area contributed by atoms with E-state index in [2.05, 4.69) is 41.4 Å². The highest BCUT2D eigenvalue weighted by Crippen LogP contribution is 2.41. The van der Waals surface area contributed by atoms with E-state index in [4.69, 9.17) is 5.73 Å².